The predicted molar refractivity (Wildman–Crippen MR) is 58.9 cm³/mol. The summed E-state index contributed by atoms with van der Waals surface area (Å²) >= 11 is 0. The first-order valence-corrected chi connectivity index (χ1v) is 5.49. The molecule has 0 radical (unpaired) electrons. The Bertz CT molecular complexity index is 538. The maximum Gasteiger partial charge on any atom is 0.574 e. The van der Waals surface area contributed by atoms with Crippen LogP contribution in [0.3, 0.4) is 0 Å². The number of aromatic nitrogens is 1. The number of carbonyl (C=O) groups is 1. The molecule has 0 aliphatic carbocycles. The molecule has 9 heteroatoms. The van der Waals surface area contributed by atoms with E-state index in [-0.39, 0.29) is 12.3 Å². The van der Waals surface area contributed by atoms with Crippen LogP contribution in [0.2, 0.25) is 0 Å². The number of carbonyl (C=O) groups excluding carboxylic acids is 1. The highest BCUT2D eigenvalue weighted by Crippen LogP contribution is 2.21. The van der Waals surface area contributed by atoms with Crippen molar-refractivity contribution in [1.82, 2.24) is 4.98 Å². The van der Waals surface area contributed by atoms with Gasteiger partial charge in [-0.25, -0.2) is 4.39 Å². The van der Waals surface area contributed by atoms with Crippen LogP contribution in [0.15, 0.2) is 10.9 Å². The summed E-state index contributed by atoms with van der Waals surface area (Å²) in [4.78, 5) is 24.8. The molecule has 0 saturated heterocycles. The summed E-state index contributed by atoms with van der Waals surface area (Å²) in [5, 5.41) is 0. The smallest absolute Gasteiger partial charge is 0.466 e. The van der Waals surface area contributed by atoms with E-state index in [4.69, 9.17) is 0 Å². The lowest BCUT2D eigenvalue weighted by atomic mass is 10.1. The molecule has 20 heavy (non-hydrogen) atoms. The topological polar surface area (TPSA) is 68.4 Å². The molecule has 0 atom stereocenters. The maximum atomic E-state index is 12.7. The first kappa shape index (κ1) is 16.0. The molecule has 0 fully saturated rings. The van der Waals surface area contributed by atoms with Gasteiger partial charge in [0.1, 0.15) is 6.67 Å². The van der Waals surface area contributed by atoms with Crippen LogP contribution in [0.4, 0.5) is 17.6 Å². The Labute approximate surface area is 110 Å². The minimum Gasteiger partial charge on any atom is -0.466 e. The molecule has 1 heterocycles. The Kier molecular flexibility index (Phi) is 5.12. The minimum absolute atomic E-state index is 0.0484. The van der Waals surface area contributed by atoms with Crippen LogP contribution >= 0.6 is 0 Å². The minimum atomic E-state index is -5.01. The molecule has 0 aliphatic rings. The van der Waals surface area contributed by atoms with Crippen molar-refractivity contribution in [1.29, 1.82) is 0 Å². The molecule has 0 saturated carbocycles. The third kappa shape index (κ3) is 4.56. The number of nitrogens with one attached hydrogen (secondary N) is 1. The third-order valence-corrected chi connectivity index (χ3v) is 2.18. The molecule has 112 valence electrons. The molecule has 1 aromatic heterocycles. The number of alkyl halides is 4. The van der Waals surface area contributed by atoms with Gasteiger partial charge in [0.2, 0.25) is 5.88 Å². The van der Waals surface area contributed by atoms with Gasteiger partial charge in [0.25, 0.3) is 0 Å². The fourth-order valence-corrected chi connectivity index (χ4v) is 1.45. The SMILES string of the molecule is CCOC(=O)Cc1[nH]c(OC(F)(F)F)cc(=O)c1CF. The normalized spacial score (nSPS) is 11.2. The van der Waals surface area contributed by atoms with Gasteiger partial charge in [-0.3, -0.25) is 9.59 Å². The highest BCUT2D eigenvalue weighted by atomic mass is 19.4. The quantitative estimate of drug-likeness (QED) is 0.665. The zero-order chi connectivity index (χ0) is 15.3. The Morgan fingerprint density at radius 1 is 1.40 bits per heavy atom. The van der Waals surface area contributed by atoms with Gasteiger partial charge in [-0.2, -0.15) is 0 Å². The van der Waals surface area contributed by atoms with Gasteiger partial charge in [-0.05, 0) is 6.92 Å². The van der Waals surface area contributed by atoms with Crippen molar-refractivity contribution in [2.45, 2.75) is 26.4 Å². The second-order valence-corrected chi connectivity index (χ2v) is 3.62. The van der Waals surface area contributed by atoms with E-state index < -0.39 is 42.3 Å². The number of hydrogen-bond donors (Lipinski definition) is 1. The molecule has 0 spiro atoms. The van der Waals surface area contributed by atoms with E-state index in [2.05, 4.69) is 14.5 Å². The van der Waals surface area contributed by atoms with Crippen LogP contribution in [0.25, 0.3) is 0 Å². The summed E-state index contributed by atoms with van der Waals surface area (Å²) < 4.78 is 57.0. The molecule has 0 bridgehead atoms. The molecular formula is C11H11F4NO4. The van der Waals surface area contributed by atoms with Crippen LogP contribution in [-0.2, 0) is 22.6 Å². The van der Waals surface area contributed by atoms with Gasteiger partial charge in [0.05, 0.1) is 18.6 Å². The molecule has 1 rings (SSSR count). The van der Waals surface area contributed by atoms with Crippen LogP contribution < -0.4 is 10.2 Å². The fourth-order valence-electron chi connectivity index (χ4n) is 1.45. The third-order valence-electron chi connectivity index (χ3n) is 2.18. The zero-order valence-electron chi connectivity index (χ0n) is 10.3. The lowest BCUT2D eigenvalue weighted by Crippen LogP contribution is -2.22. The highest BCUT2D eigenvalue weighted by Gasteiger charge is 2.32. The number of H-pyrrole nitrogens is 1. The summed E-state index contributed by atoms with van der Waals surface area (Å²) in [6.45, 7) is 0.350. The molecule has 1 N–H and O–H groups in total. The molecule has 5 nitrogen and oxygen atoms in total. The number of rotatable bonds is 5. The lowest BCUT2D eigenvalue weighted by Gasteiger charge is -2.12. The van der Waals surface area contributed by atoms with E-state index in [0.29, 0.717) is 6.07 Å². The Hall–Kier alpha value is -2.06. The van der Waals surface area contributed by atoms with Crippen molar-refractivity contribution in [2.24, 2.45) is 0 Å². The van der Waals surface area contributed by atoms with Crippen molar-refractivity contribution in [3.63, 3.8) is 0 Å². The van der Waals surface area contributed by atoms with Crippen molar-refractivity contribution in [2.75, 3.05) is 6.61 Å². The number of ether oxygens (including phenoxy) is 2. The van der Waals surface area contributed by atoms with Crippen molar-refractivity contribution in [3.8, 4) is 5.88 Å². The van der Waals surface area contributed by atoms with Crippen molar-refractivity contribution in [3.05, 3.63) is 27.5 Å². The summed E-state index contributed by atoms with van der Waals surface area (Å²) in [7, 11) is 0. The van der Waals surface area contributed by atoms with Crippen molar-refractivity contribution < 1.29 is 31.8 Å². The summed E-state index contributed by atoms with van der Waals surface area (Å²) in [5.41, 5.74) is -1.74. The number of aromatic amines is 1. The lowest BCUT2D eigenvalue weighted by molar-refractivity contribution is -0.276. The molecular weight excluding hydrogens is 286 g/mol. The van der Waals surface area contributed by atoms with Gasteiger partial charge in [-0.15, -0.1) is 13.2 Å². The maximum absolute atomic E-state index is 12.7. The second-order valence-electron chi connectivity index (χ2n) is 3.62. The van der Waals surface area contributed by atoms with Crippen LogP contribution in [0, 0.1) is 0 Å². The monoisotopic (exact) mass is 297 g/mol. The summed E-state index contributed by atoms with van der Waals surface area (Å²) in [6, 6.07) is 0.469. The van der Waals surface area contributed by atoms with E-state index in [1.807, 2.05) is 0 Å². The summed E-state index contributed by atoms with van der Waals surface area (Å²) in [6.07, 6.45) is -5.57. The van der Waals surface area contributed by atoms with E-state index >= 15 is 0 Å². The molecule has 1 aromatic rings. The van der Waals surface area contributed by atoms with Gasteiger partial charge < -0.3 is 14.5 Å². The van der Waals surface area contributed by atoms with Crippen LogP contribution in [0.1, 0.15) is 18.2 Å². The standard InChI is InChI=1S/C11H11F4NO4/c1-2-19-10(18)3-7-6(5-12)8(17)4-9(16-7)20-11(13,14)15/h4H,2-3,5H2,1H3,(H,16,17). The molecule has 0 amide bonds. The number of halogens is 4. The summed E-state index contributed by atoms with van der Waals surface area (Å²) in [5.74, 6) is -1.72. The number of hydrogen-bond acceptors (Lipinski definition) is 4. The van der Waals surface area contributed by atoms with E-state index in [0.717, 1.165) is 0 Å². The Morgan fingerprint density at radius 3 is 2.55 bits per heavy atom. The number of pyridine rings is 1. The van der Waals surface area contributed by atoms with Crippen LogP contribution in [-0.4, -0.2) is 23.9 Å². The molecule has 0 aliphatic heterocycles. The first-order chi connectivity index (χ1) is 9.26. The van der Waals surface area contributed by atoms with Gasteiger partial charge in [-0.1, -0.05) is 0 Å². The average Bonchev–Trinajstić information content (AvgIpc) is 2.26. The average molecular weight is 297 g/mol. The predicted octanol–water partition coefficient (Wildman–Crippen LogP) is 1.85. The first-order valence-electron chi connectivity index (χ1n) is 5.49. The molecule has 0 aromatic carbocycles. The van der Waals surface area contributed by atoms with E-state index in [9.17, 15) is 27.2 Å². The van der Waals surface area contributed by atoms with Gasteiger partial charge in [0, 0.05) is 11.8 Å². The fraction of sp³-hybridized carbons (Fsp3) is 0.455. The molecule has 0 unspecified atom stereocenters. The second kappa shape index (κ2) is 6.40. The zero-order valence-corrected chi connectivity index (χ0v) is 10.3. The van der Waals surface area contributed by atoms with Crippen molar-refractivity contribution >= 4 is 5.97 Å². The largest absolute Gasteiger partial charge is 0.574 e. The van der Waals surface area contributed by atoms with Gasteiger partial charge in [0.15, 0.2) is 5.43 Å². The highest BCUT2D eigenvalue weighted by molar-refractivity contribution is 5.72. The van der Waals surface area contributed by atoms with Gasteiger partial charge >= 0.3 is 12.3 Å². The van der Waals surface area contributed by atoms with E-state index in [1.54, 1.807) is 0 Å². The Morgan fingerprint density at radius 2 is 2.05 bits per heavy atom. The van der Waals surface area contributed by atoms with E-state index in [1.165, 1.54) is 6.92 Å². The van der Waals surface area contributed by atoms with Crippen LogP contribution in [0.5, 0.6) is 5.88 Å². The number of esters is 1. The Balaban J connectivity index is 3.12.